The molecule has 1 N–H and O–H groups in total. The van der Waals surface area contributed by atoms with Gasteiger partial charge in [-0.05, 0) is 37.6 Å². The second kappa shape index (κ2) is 9.18. The topological polar surface area (TPSA) is 56.8 Å². The highest BCUT2D eigenvalue weighted by Crippen LogP contribution is 2.36. The Morgan fingerprint density at radius 3 is 2.60 bits per heavy atom. The van der Waals surface area contributed by atoms with E-state index >= 15 is 0 Å². The van der Waals surface area contributed by atoms with E-state index in [0.29, 0.717) is 41.8 Å². The Labute approximate surface area is 152 Å². The molecule has 6 heteroatoms. The molecule has 1 amide bonds. The minimum absolute atomic E-state index is 0.253. The van der Waals surface area contributed by atoms with Gasteiger partial charge in [0.25, 0.3) is 5.91 Å². The zero-order valence-electron chi connectivity index (χ0n) is 14.6. The summed E-state index contributed by atoms with van der Waals surface area (Å²) < 4.78 is 16.4. The van der Waals surface area contributed by atoms with Crippen molar-refractivity contribution in [2.45, 2.75) is 13.8 Å². The van der Waals surface area contributed by atoms with Crippen molar-refractivity contribution in [3.63, 3.8) is 0 Å². The van der Waals surface area contributed by atoms with Gasteiger partial charge in [0.05, 0.1) is 25.3 Å². The van der Waals surface area contributed by atoms with Crippen LogP contribution in [0, 0.1) is 6.92 Å². The lowest BCUT2D eigenvalue weighted by Gasteiger charge is -2.13. The van der Waals surface area contributed by atoms with Crippen molar-refractivity contribution in [3.8, 4) is 17.2 Å². The molecule has 0 saturated heterocycles. The van der Waals surface area contributed by atoms with Gasteiger partial charge in [-0.25, -0.2) is 0 Å². The number of benzene rings is 2. The summed E-state index contributed by atoms with van der Waals surface area (Å²) in [6, 6.07) is 10.9. The maximum absolute atomic E-state index is 12.3. The van der Waals surface area contributed by atoms with Gasteiger partial charge in [0.15, 0.2) is 11.5 Å². The number of aryl methyl sites for hydroxylation is 1. The smallest absolute Gasteiger partial charge is 0.251 e. The van der Waals surface area contributed by atoms with Crippen LogP contribution in [0.25, 0.3) is 0 Å². The molecule has 0 aliphatic heterocycles. The van der Waals surface area contributed by atoms with Gasteiger partial charge in [-0.1, -0.05) is 29.8 Å². The zero-order chi connectivity index (χ0) is 18.2. The standard InChI is InChI=1S/C19H22ClNO4/c1-4-24-18-15(20)11-14(12-17(18)23-3)19(22)21-9-10-25-16-8-6-5-7-13(16)2/h5-8,11-12H,4,9-10H2,1-3H3,(H,21,22). The van der Waals surface area contributed by atoms with Crippen LogP contribution in [0.4, 0.5) is 0 Å². The molecule has 0 bridgehead atoms. The summed E-state index contributed by atoms with van der Waals surface area (Å²) in [5, 5.41) is 3.14. The largest absolute Gasteiger partial charge is 0.493 e. The number of amides is 1. The van der Waals surface area contributed by atoms with Crippen molar-refractivity contribution >= 4 is 17.5 Å². The fourth-order valence-corrected chi connectivity index (χ4v) is 2.55. The molecule has 2 aromatic rings. The first-order chi connectivity index (χ1) is 12.1. The second-order valence-corrected chi connectivity index (χ2v) is 5.70. The lowest BCUT2D eigenvalue weighted by molar-refractivity contribution is 0.0946. The van der Waals surface area contributed by atoms with E-state index in [2.05, 4.69) is 5.32 Å². The number of para-hydroxylation sites is 1. The maximum atomic E-state index is 12.3. The number of carbonyl (C=O) groups excluding carboxylic acids is 1. The first-order valence-electron chi connectivity index (χ1n) is 8.03. The molecule has 0 aliphatic carbocycles. The van der Waals surface area contributed by atoms with E-state index in [4.69, 9.17) is 25.8 Å². The van der Waals surface area contributed by atoms with Crippen molar-refractivity contribution < 1.29 is 19.0 Å². The predicted octanol–water partition coefficient (Wildman–Crippen LogP) is 3.86. The molecular formula is C19H22ClNO4. The molecular weight excluding hydrogens is 342 g/mol. The summed E-state index contributed by atoms with van der Waals surface area (Å²) in [6.45, 7) is 5.03. The molecule has 0 aromatic heterocycles. The number of nitrogens with one attached hydrogen (secondary N) is 1. The van der Waals surface area contributed by atoms with Gasteiger partial charge in [-0.2, -0.15) is 0 Å². The lowest BCUT2D eigenvalue weighted by Crippen LogP contribution is -2.28. The fourth-order valence-electron chi connectivity index (χ4n) is 2.28. The van der Waals surface area contributed by atoms with Crippen LogP contribution in [-0.4, -0.2) is 32.8 Å². The highest BCUT2D eigenvalue weighted by Gasteiger charge is 2.15. The summed E-state index contributed by atoms with van der Waals surface area (Å²) in [5.74, 6) is 1.42. The molecule has 2 aromatic carbocycles. The molecule has 134 valence electrons. The number of carbonyl (C=O) groups is 1. The van der Waals surface area contributed by atoms with Gasteiger partial charge < -0.3 is 19.5 Å². The number of ether oxygens (including phenoxy) is 3. The van der Waals surface area contributed by atoms with E-state index < -0.39 is 0 Å². The monoisotopic (exact) mass is 363 g/mol. The third-order valence-electron chi connectivity index (χ3n) is 3.52. The van der Waals surface area contributed by atoms with Crippen LogP contribution in [0.15, 0.2) is 36.4 Å². The van der Waals surface area contributed by atoms with Crippen molar-refractivity contribution in [2.75, 3.05) is 26.9 Å². The molecule has 25 heavy (non-hydrogen) atoms. The summed E-state index contributed by atoms with van der Waals surface area (Å²) in [7, 11) is 1.51. The fraction of sp³-hybridized carbons (Fsp3) is 0.316. The summed E-state index contributed by atoms with van der Waals surface area (Å²) >= 11 is 6.19. The van der Waals surface area contributed by atoms with E-state index in [1.165, 1.54) is 7.11 Å². The second-order valence-electron chi connectivity index (χ2n) is 5.29. The van der Waals surface area contributed by atoms with Crippen LogP contribution in [0.2, 0.25) is 5.02 Å². The van der Waals surface area contributed by atoms with E-state index in [1.807, 2.05) is 38.1 Å². The molecule has 0 heterocycles. The van der Waals surface area contributed by atoms with Gasteiger partial charge in [-0.3, -0.25) is 4.79 Å². The van der Waals surface area contributed by atoms with E-state index in [0.717, 1.165) is 11.3 Å². The van der Waals surface area contributed by atoms with Crippen LogP contribution < -0.4 is 19.5 Å². The Morgan fingerprint density at radius 2 is 1.92 bits per heavy atom. The summed E-state index contributed by atoms with van der Waals surface area (Å²) in [6.07, 6.45) is 0. The minimum atomic E-state index is -0.253. The van der Waals surface area contributed by atoms with Gasteiger partial charge >= 0.3 is 0 Å². The van der Waals surface area contributed by atoms with Crippen molar-refractivity contribution in [3.05, 3.63) is 52.5 Å². The molecule has 0 aliphatic rings. The maximum Gasteiger partial charge on any atom is 0.251 e. The Bertz CT molecular complexity index is 733. The van der Waals surface area contributed by atoms with Crippen LogP contribution in [-0.2, 0) is 0 Å². The average Bonchev–Trinajstić information content (AvgIpc) is 2.61. The first kappa shape index (κ1) is 18.9. The van der Waals surface area contributed by atoms with Crippen LogP contribution in [0.1, 0.15) is 22.8 Å². The molecule has 0 radical (unpaired) electrons. The molecule has 0 saturated carbocycles. The number of rotatable bonds is 8. The molecule has 0 unspecified atom stereocenters. The van der Waals surface area contributed by atoms with Gasteiger partial charge in [0.2, 0.25) is 0 Å². The molecule has 0 fully saturated rings. The van der Waals surface area contributed by atoms with E-state index in [9.17, 15) is 4.79 Å². The Morgan fingerprint density at radius 1 is 1.16 bits per heavy atom. The number of methoxy groups -OCH3 is 1. The lowest BCUT2D eigenvalue weighted by atomic mass is 10.2. The minimum Gasteiger partial charge on any atom is -0.493 e. The highest BCUT2D eigenvalue weighted by atomic mass is 35.5. The van der Waals surface area contributed by atoms with Crippen molar-refractivity contribution in [2.24, 2.45) is 0 Å². The quantitative estimate of drug-likeness (QED) is 0.723. The van der Waals surface area contributed by atoms with Crippen molar-refractivity contribution in [1.82, 2.24) is 5.32 Å². The van der Waals surface area contributed by atoms with Crippen LogP contribution >= 0.6 is 11.6 Å². The number of hydrogen-bond donors (Lipinski definition) is 1. The SMILES string of the molecule is CCOc1c(Cl)cc(C(=O)NCCOc2ccccc2C)cc1OC. The van der Waals surface area contributed by atoms with Gasteiger partial charge in [-0.15, -0.1) is 0 Å². The Hall–Kier alpha value is -2.40. The van der Waals surface area contributed by atoms with E-state index in [1.54, 1.807) is 12.1 Å². The van der Waals surface area contributed by atoms with E-state index in [-0.39, 0.29) is 5.91 Å². The average molecular weight is 364 g/mol. The zero-order valence-corrected chi connectivity index (χ0v) is 15.4. The van der Waals surface area contributed by atoms with Crippen molar-refractivity contribution in [1.29, 1.82) is 0 Å². The molecule has 0 spiro atoms. The number of hydrogen-bond acceptors (Lipinski definition) is 4. The third-order valence-corrected chi connectivity index (χ3v) is 3.80. The molecule has 0 atom stereocenters. The van der Waals surface area contributed by atoms with Gasteiger partial charge in [0, 0.05) is 5.56 Å². The first-order valence-corrected chi connectivity index (χ1v) is 8.41. The highest BCUT2D eigenvalue weighted by molar-refractivity contribution is 6.32. The molecule has 2 rings (SSSR count). The van der Waals surface area contributed by atoms with Crippen LogP contribution in [0.5, 0.6) is 17.2 Å². The Kier molecular flexibility index (Phi) is 6.95. The number of halogens is 1. The predicted molar refractivity (Wildman–Crippen MR) is 98.2 cm³/mol. The van der Waals surface area contributed by atoms with Crippen LogP contribution in [0.3, 0.4) is 0 Å². The van der Waals surface area contributed by atoms with Gasteiger partial charge in [0.1, 0.15) is 12.4 Å². The Balaban J connectivity index is 1.94. The summed E-state index contributed by atoms with van der Waals surface area (Å²) in [5.41, 5.74) is 1.46. The third kappa shape index (κ3) is 5.03. The summed E-state index contributed by atoms with van der Waals surface area (Å²) in [4.78, 5) is 12.3. The normalized spacial score (nSPS) is 10.2. The molecule has 5 nitrogen and oxygen atoms in total.